The minimum absolute atomic E-state index is 0.161. The molecule has 0 aromatic heterocycles. The van der Waals surface area contributed by atoms with Crippen LogP contribution in [0.2, 0.25) is 0 Å². The van der Waals surface area contributed by atoms with Crippen LogP contribution >= 0.6 is 15.9 Å². The lowest BCUT2D eigenvalue weighted by molar-refractivity contribution is 0.0953. The largest absolute Gasteiger partial charge is 0.347 e. The number of halogens is 3. The molecule has 0 aliphatic rings. The number of rotatable bonds is 3. The predicted molar refractivity (Wildman–Crippen MR) is 56.8 cm³/mol. The maximum absolute atomic E-state index is 13.1. The topological polar surface area (TPSA) is 29.1 Å². The smallest absolute Gasteiger partial charge is 0.254 e. The van der Waals surface area contributed by atoms with Crippen molar-refractivity contribution in [2.75, 3.05) is 6.54 Å². The zero-order valence-electron chi connectivity index (χ0n) is 7.69. The van der Waals surface area contributed by atoms with Crippen molar-refractivity contribution in [2.45, 2.75) is 0 Å². The van der Waals surface area contributed by atoms with Gasteiger partial charge in [0.25, 0.3) is 5.91 Å². The highest BCUT2D eigenvalue weighted by Gasteiger charge is 2.11. The van der Waals surface area contributed by atoms with Crippen molar-refractivity contribution >= 4 is 21.8 Å². The van der Waals surface area contributed by atoms with Gasteiger partial charge in [0.05, 0.1) is 5.56 Å². The molecule has 2 nitrogen and oxygen atoms in total. The summed E-state index contributed by atoms with van der Waals surface area (Å²) >= 11 is 3.03. The van der Waals surface area contributed by atoms with E-state index < -0.39 is 17.5 Å². The van der Waals surface area contributed by atoms with Gasteiger partial charge in [-0.2, -0.15) is 0 Å². The number of hydrogen-bond donors (Lipinski definition) is 1. The zero-order chi connectivity index (χ0) is 11.4. The molecule has 0 heterocycles. The zero-order valence-corrected chi connectivity index (χ0v) is 9.27. The maximum Gasteiger partial charge on any atom is 0.254 e. The van der Waals surface area contributed by atoms with Gasteiger partial charge in [0, 0.05) is 11.0 Å². The highest BCUT2D eigenvalue weighted by Crippen LogP contribution is 2.09. The summed E-state index contributed by atoms with van der Waals surface area (Å²) in [5.41, 5.74) is -0.316. The number of nitrogens with one attached hydrogen (secondary N) is 1. The molecule has 80 valence electrons. The summed E-state index contributed by atoms with van der Waals surface area (Å²) in [5.74, 6) is -2.08. The Labute approximate surface area is 94.1 Å². The van der Waals surface area contributed by atoms with Gasteiger partial charge in [0.1, 0.15) is 11.6 Å². The normalized spacial score (nSPS) is 9.80. The maximum atomic E-state index is 13.1. The average molecular weight is 276 g/mol. The fourth-order valence-electron chi connectivity index (χ4n) is 0.943. The van der Waals surface area contributed by atoms with Crippen LogP contribution in [0.15, 0.2) is 29.3 Å². The van der Waals surface area contributed by atoms with E-state index in [1.54, 1.807) is 0 Å². The van der Waals surface area contributed by atoms with E-state index in [1.807, 2.05) is 0 Å². The van der Waals surface area contributed by atoms with Crippen molar-refractivity contribution in [1.82, 2.24) is 5.32 Å². The Morgan fingerprint density at radius 3 is 2.73 bits per heavy atom. The van der Waals surface area contributed by atoms with Gasteiger partial charge in [-0.15, -0.1) is 0 Å². The lowest BCUT2D eigenvalue weighted by Crippen LogP contribution is -2.25. The molecule has 0 aliphatic heterocycles. The van der Waals surface area contributed by atoms with Crippen LogP contribution < -0.4 is 5.32 Å². The third-order valence-corrected chi connectivity index (χ3v) is 1.89. The van der Waals surface area contributed by atoms with Gasteiger partial charge in [-0.3, -0.25) is 4.79 Å². The summed E-state index contributed by atoms with van der Waals surface area (Å²) < 4.78 is 26.4. The summed E-state index contributed by atoms with van der Waals surface area (Å²) in [7, 11) is 0. The van der Waals surface area contributed by atoms with Crippen molar-refractivity contribution in [3.63, 3.8) is 0 Å². The summed E-state index contributed by atoms with van der Waals surface area (Å²) in [4.78, 5) is 11.3. The molecule has 0 aliphatic carbocycles. The van der Waals surface area contributed by atoms with Gasteiger partial charge in [0.15, 0.2) is 0 Å². The quantitative estimate of drug-likeness (QED) is 0.903. The monoisotopic (exact) mass is 275 g/mol. The van der Waals surface area contributed by atoms with Crippen LogP contribution in [-0.2, 0) is 0 Å². The van der Waals surface area contributed by atoms with E-state index in [0.717, 1.165) is 18.2 Å². The Morgan fingerprint density at radius 2 is 2.13 bits per heavy atom. The Kier molecular flexibility index (Phi) is 3.96. The second-order valence-electron chi connectivity index (χ2n) is 2.82. The van der Waals surface area contributed by atoms with E-state index in [-0.39, 0.29) is 12.1 Å². The number of benzene rings is 1. The molecule has 0 radical (unpaired) electrons. The molecule has 1 aromatic carbocycles. The van der Waals surface area contributed by atoms with Crippen LogP contribution in [0.5, 0.6) is 0 Å². The number of hydrogen-bond acceptors (Lipinski definition) is 1. The van der Waals surface area contributed by atoms with Gasteiger partial charge in [-0.05, 0) is 18.2 Å². The Hall–Kier alpha value is -1.23. The summed E-state index contributed by atoms with van der Waals surface area (Å²) in [6.07, 6.45) is 0. The molecule has 5 heteroatoms. The summed E-state index contributed by atoms with van der Waals surface area (Å²) in [5, 5.41) is 2.37. The third kappa shape index (κ3) is 3.43. The van der Waals surface area contributed by atoms with Crippen LogP contribution in [0.3, 0.4) is 0 Å². The molecule has 0 saturated heterocycles. The molecular weight excluding hydrogens is 268 g/mol. The van der Waals surface area contributed by atoms with Crippen LogP contribution in [0, 0.1) is 11.6 Å². The van der Waals surface area contributed by atoms with Crippen LogP contribution in [0.1, 0.15) is 10.4 Å². The minimum atomic E-state index is -0.755. The Morgan fingerprint density at radius 1 is 1.47 bits per heavy atom. The number of carbonyl (C=O) groups excluding carboxylic acids is 1. The molecule has 0 saturated carbocycles. The lowest BCUT2D eigenvalue weighted by atomic mass is 10.2. The van der Waals surface area contributed by atoms with E-state index in [4.69, 9.17) is 0 Å². The van der Waals surface area contributed by atoms with Crippen LogP contribution in [0.4, 0.5) is 8.78 Å². The first-order valence-electron chi connectivity index (χ1n) is 4.07. The second kappa shape index (κ2) is 5.02. The van der Waals surface area contributed by atoms with Gasteiger partial charge in [0.2, 0.25) is 0 Å². The minimum Gasteiger partial charge on any atom is -0.347 e. The summed E-state index contributed by atoms with van der Waals surface area (Å²) in [6.45, 7) is 3.66. The first kappa shape index (κ1) is 11.8. The molecule has 1 aromatic rings. The molecular formula is C10H8BrF2NO. The van der Waals surface area contributed by atoms with Gasteiger partial charge >= 0.3 is 0 Å². The molecule has 0 bridgehead atoms. The van der Waals surface area contributed by atoms with Crippen molar-refractivity contribution in [2.24, 2.45) is 0 Å². The molecule has 0 atom stereocenters. The van der Waals surface area contributed by atoms with E-state index in [9.17, 15) is 13.6 Å². The highest BCUT2D eigenvalue weighted by molar-refractivity contribution is 9.11. The first-order chi connectivity index (χ1) is 7.00. The van der Waals surface area contributed by atoms with Gasteiger partial charge in [-0.1, -0.05) is 22.5 Å². The lowest BCUT2D eigenvalue weighted by Gasteiger charge is -2.04. The summed E-state index contributed by atoms with van der Waals surface area (Å²) in [6, 6.07) is 2.71. The molecule has 1 amide bonds. The fourth-order valence-corrected chi connectivity index (χ4v) is 1.08. The van der Waals surface area contributed by atoms with Gasteiger partial charge < -0.3 is 5.32 Å². The second-order valence-corrected chi connectivity index (χ2v) is 3.95. The van der Waals surface area contributed by atoms with Gasteiger partial charge in [-0.25, -0.2) is 8.78 Å². The van der Waals surface area contributed by atoms with Crippen molar-refractivity contribution in [3.8, 4) is 0 Å². The molecule has 0 fully saturated rings. The standard InChI is InChI=1S/C10H8BrF2NO/c1-6(11)5-14-10(15)8-4-7(12)2-3-9(8)13/h2-4H,1,5H2,(H,14,15). The van der Waals surface area contributed by atoms with Crippen molar-refractivity contribution in [1.29, 1.82) is 0 Å². The van der Waals surface area contributed by atoms with E-state index in [0.29, 0.717) is 4.48 Å². The SMILES string of the molecule is C=C(Br)CNC(=O)c1cc(F)ccc1F. The Bertz CT molecular complexity index is 406. The molecule has 15 heavy (non-hydrogen) atoms. The molecule has 1 rings (SSSR count). The fraction of sp³-hybridized carbons (Fsp3) is 0.100. The van der Waals surface area contributed by atoms with Crippen molar-refractivity contribution < 1.29 is 13.6 Å². The van der Waals surface area contributed by atoms with Crippen LogP contribution in [0.25, 0.3) is 0 Å². The number of carbonyl (C=O) groups is 1. The van der Waals surface area contributed by atoms with E-state index in [1.165, 1.54) is 0 Å². The third-order valence-electron chi connectivity index (χ3n) is 1.61. The van der Waals surface area contributed by atoms with E-state index >= 15 is 0 Å². The number of amides is 1. The molecule has 0 unspecified atom stereocenters. The molecule has 0 spiro atoms. The average Bonchev–Trinajstić information content (AvgIpc) is 2.18. The van der Waals surface area contributed by atoms with Crippen LogP contribution in [-0.4, -0.2) is 12.5 Å². The van der Waals surface area contributed by atoms with Crippen molar-refractivity contribution in [3.05, 3.63) is 46.5 Å². The Balaban J connectivity index is 2.81. The first-order valence-corrected chi connectivity index (χ1v) is 4.86. The molecule has 1 N–H and O–H groups in total. The van der Waals surface area contributed by atoms with E-state index in [2.05, 4.69) is 27.8 Å². The highest BCUT2D eigenvalue weighted by atomic mass is 79.9. The predicted octanol–water partition coefficient (Wildman–Crippen LogP) is 2.60.